The summed E-state index contributed by atoms with van der Waals surface area (Å²) in [5, 5.41) is 10.1. The molecule has 2 heterocycles. The zero-order valence-electron chi connectivity index (χ0n) is 18.0. The monoisotopic (exact) mass is 433 g/mol. The van der Waals surface area contributed by atoms with Crippen LogP contribution in [-0.2, 0) is 0 Å². The molecule has 0 spiro atoms. The first kappa shape index (κ1) is 20.8. The number of ether oxygens (including phenoxy) is 2. The van der Waals surface area contributed by atoms with Gasteiger partial charge in [-0.3, -0.25) is 4.90 Å². The Hall–Kier alpha value is -3.05. The molecular formula is C27H28FNO3. The molecule has 3 aromatic carbocycles. The fraction of sp³-hybridized carbons (Fsp3) is 0.333. The molecule has 1 saturated heterocycles. The molecule has 1 N–H and O–H groups in total. The van der Waals surface area contributed by atoms with Crippen LogP contribution in [0, 0.1) is 5.82 Å². The van der Waals surface area contributed by atoms with Crippen molar-refractivity contribution in [3.05, 3.63) is 89.2 Å². The minimum absolute atomic E-state index is 0.00633. The van der Waals surface area contributed by atoms with Gasteiger partial charge in [0.15, 0.2) is 0 Å². The molecule has 0 saturated carbocycles. The summed E-state index contributed by atoms with van der Waals surface area (Å²) in [7, 11) is 0. The Bertz CT molecular complexity index is 1050. The number of nitrogens with zero attached hydrogens (tertiary/aromatic N) is 1. The Balaban J connectivity index is 1.40. The molecule has 5 rings (SSSR count). The van der Waals surface area contributed by atoms with Crippen LogP contribution in [0.4, 0.5) is 4.39 Å². The van der Waals surface area contributed by atoms with Crippen molar-refractivity contribution in [3.8, 4) is 17.2 Å². The van der Waals surface area contributed by atoms with Gasteiger partial charge in [-0.25, -0.2) is 4.39 Å². The predicted molar refractivity (Wildman–Crippen MR) is 122 cm³/mol. The fourth-order valence-electron chi connectivity index (χ4n) is 4.88. The van der Waals surface area contributed by atoms with Crippen LogP contribution in [0.15, 0.2) is 66.7 Å². The normalized spacial score (nSPS) is 20.5. The number of likely N-dealkylation sites (tertiary alicyclic amines) is 1. The highest BCUT2D eigenvalue weighted by molar-refractivity contribution is 5.51. The van der Waals surface area contributed by atoms with Crippen molar-refractivity contribution in [2.45, 2.75) is 24.7 Å². The van der Waals surface area contributed by atoms with Crippen LogP contribution in [0.25, 0.3) is 0 Å². The van der Waals surface area contributed by atoms with E-state index < -0.39 is 0 Å². The predicted octanol–water partition coefficient (Wildman–Crippen LogP) is 5.31. The summed E-state index contributed by atoms with van der Waals surface area (Å²) in [5.74, 6) is 1.57. The zero-order valence-corrected chi connectivity index (χ0v) is 18.0. The molecular weight excluding hydrogens is 405 g/mol. The molecule has 5 heteroatoms. The number of phenolic OH excluding ortho intramolecular Hbond substituents is 1. The maximum Gasteiger partial charge on any atom is 0.123 e. The third kappa shape index (κ3) is 4.44. The average molecular weight is 434 g/mol. The van der Waals surface area contributed by atoms with Crippen LogP contribution in [-0.4, -0.2) is 42.9 Å². The van der Waals surface area contributed by atoms with Gasteiger partial charge in [0.1, 0.15) is 29.7 Å². The summed E-state index contributed by atoms with van der Waals surface area (Å²) >= 11 is 0. The molecule has 2 aliphatic heterocycles. The van der Waals surface area contributed by atoms with Gasteiger partial charge in [0.05, 0.1) is 6.61 Å². The Morgan fingerprint density at radius 2 is 1.66 bits per heavy atom. The van der Waals surface area contributed by atoms with Crippen molar-refractivity contribution in [2.24, 2.45) is 0 Å². The number of benzene rings is 3. The molecule has 0 radical (unpaired) electrons. The van der Waals surface area contributed by atoms with Crippen molar-refractivity contribution in [1.29, 1.82) is 0 Å². The molecule has 2 atom stereocenters. The van der Waals surface area contributed by atoms with Crippen molar-refractivity contribution in [3.63, 3.8) is 0 Å². The van der Waals surface area contributed by atoms with Crippen LogP contribution in [0.1, 0.15) is 41.4 Å². The summed E-state index contributed by atoms with van der Waals surface area (Å²) in [4.78, 5) is 2.44. The largest absolute Gasteiger partial charge is 0.508 e. The first-order chi connectivity index (χ1) is 15.7. The molecule has 0 aliphatic carbocycles. The summed E-state index contributed by atoms with van der Waals surface area (Å²) in [6.45, 7) is 4.47. The molecule has 1 unspecified atom stereocenters. The van der Waals surface area contributed by atoms with E-state index in [1.54, 1.807) is 12.1 Å². The average Bonchev–Trinajstić information content (AvgIpc) is 3.33. The highest BCUT2D eigenvalue weighted by Gasteiger charge is 2.33. The summed E-state index contributed by atoms with van der Waals surface area (Å²) in [6, 6.07) is 20.0. The van der Waals surface area contributed by atoms with Crippen LogP contribution >= 0.6 is 0 Å². The second-order valence-corrected chi connectivity index (χ2v) is 8.64. The first-order valence-corrected chi connectivity index (χ1v) is 11.3. The van der Waals surface area contributed by atoms with E-state index in [9.17, 15) is 9.50 Å². The second kappa shape index (κ2) is 9.21. The lowest BCUT2D eigenvalue weighted by Gasteiger charge is -2.34. The molecule has 3 aromatic rings. The number of rotatable bonds is 6. The smallest absolute Gasteiger partial charge is 0.123 e. The van der Waals surface area contributed by atoms with E-state index in [-0.39, 0.29) is 23.4 Å². The Morgan fingerprint density at radius 1 is 0.938 bits per heavy atom. The van der Waals surface area contributed by atoms with E-state index in [0.717, 1.165) is 34.7 Å². The van der Waals surface area contributed by atoms with Crippen molar-refractivity contribution < 1.29 is 19.0 Å². The molecule has 2 aliphatic rings. The molecule has 0 aromatic heterocycles. The number of hydrogen-bond acceptors (Lipinski definition) is 4. The van der Waals surface area contributed by atoms with Gasteiger partial charge in [0.25, 0.3) is 0 Å². The van der Waals surface area contributed by atoms with Gasteiger partial charge in [-0.15, -0.1) is 0 Å². The maximum absolute atomic E-state index is 13.5. The van der Waals surface area contributed by atoms with Crippen molar-refractivity contribution in [2.75, 3.05) is 32.8 Å². The number of halogens is 1. The lowest BCUT2D eigenvalue weighted by atomic mass is 9.76. The van der Waals surface area contributed by atoms with Crippen molar-refractivity contribution >= 4 is 0 Å². The van der Waals surface area contributed by atoms with Crippen LogP contribution in [0.5, 0.6) is 17.2 Å². The fourth-order valence-corrected chi connectivity index (χ4v) is 4.88. The summed E-state index contributed by atoms with van der Waals surface area (Å²) < 4.78 is 25.5. The van der Waals surface area contributed by atoms with Crippen LogP contribution in [0.2, 0.25) is 0 Å². The molecule has 0 bridgehead atoms. The second-order valence-electron chi connectivity index (χ2n) is 8.64. The molecule has 166 valence electrons. The lowest BCUT2D eigenvalue weighted by molar-refractivity contribution is 0.237. The first-order valence-electron chi connectivity index (χ1n) is 11.3. The highest BCUT2D eigenvalue weighted by Crippen LogP contribution is 2.47. The standard InChI is InChI=1S/C27H28FNO3/c28-21-7-3-19(4-8-21)25-18-32-26-12-9-22(30)17-24(26)27(25)20-5-10-23(11-6-20)31-16-15-29-13-1-2-14-29/h3-12,17,25,27,30H,1-2,13-16,18H2/t25-,27?/m1/s1. The minimum atomic E-state index is -0.254. The Kier molecular flexibility index (Phi) is 5.99. The van der Waals surface area contributed by atoms with Gasteiger partial charge in [-0.2, -0.15) is 0 Å². The Morgan fingerprint density at radius 3 is 2.41 bits per heavy atom. The van der Waals surface area contributed by atoms with Crippen molar-refractivity contribution in [1.82, 2.24) is 4.90 Å². The molecule has 0 amide bonds. The Labute approximate surface area is 188 Å². The highest BCUT2D eigenvalue weighted by atomic mass is 19.1. The lowest BCUT2D eigenvalue weighted by Crippen LogP contribution is -2.25. The number of fused-ring (bicyclic) bond motifs is 1. The molecule has 1 fully saturated rings. The third-order valence-corrected chi connectivity index (χ3v) is 6.56. The van der Waals surface area contributed by atoms with E-state index in [2.05, 4.69) is 17.0 Å². The van der Waals surface area contributed by atoms with Gasteiger partial charge in [-0.1, -0.05) is 24.3 Å². The maximum atomic E-state index is 13.5. The third-order valence-electron chi connectivity index (χ3n) is 6.56. The minimum Gasteiger partial charge on any atom is -0.508 e. The number of hydrogen-bond donors (Lipinski definition) is 1. The van der Waals surface area contributed by atoms with Gasteiger partial charge in [0.2, 0.25) is 0 Å². The quantitative estimate of drug-likeness (QED) is 0.572. The summed E-state index contributed by atoms with van der Waals surface area (Å²) in [6.07, 6.45) is 2.57. The van der Waals surface area contributed by atoms with E-state index >= 15 is 0 Å². The van der Waals surface area contributed by atoms with Crippen LogP contribution in [0.3, 0.4) is 0 Å². The van der Waals surface area contributed by atoms with E-state index in [1.165, 1.54) is 38.1 Å². The van der Waals surface area contributed by atoms with Gasteiger partial charge in [-0.05, 0) is 79.5 Å². The number of phenols is 1. The number of aromatic hydroxyl groups is 1. The zero-order chi connectivity index (χ0) is 21.9. The topological polar surface area (TPSA) is 41.9 Å². The van der Waals surface area contributed by atoms with Gasteiger partial charge in [0, 0.05) is 23.9 Å². The van der Waals surface area contributed by atoms with E-state index in [4.69, 9.17) is 9.47 Å². The van der Waals surface area contributed by atoms with Gasteiger partial charge < -0.3 is 14.6 Å². The van der Waals surface area contributed by atoms with Crippen LogP contribution < -0.4 is 9.47 Å². The summed E-state index contributed by atoms with van der Waals surface area (Å²) in [5.41, 5.74) is 3.06. The SMILES string of the molecule is Oc1ccc2c(c1)C(c1ccc(OCCN3CCCC3)cc1)[C@@H](c1ccc(F)cc1)CO2. The molecule has 4 nitrogen and oxygen atoms in total. The van der Waals surface area contributed by atoms with Gasteiger partial charge >= 0.3 is 0 Å². The molecule has 32 heavy (non-hydrogen) atoms. The van der Waals surface area contributed by atoms with E-state index in [0.29, 0.717) is 13.2 Å². The van der Waals surface area contributed by atoms with E-state index in [1.807, 2.05) is 30.3 Å².